The molecule has 0 saturated carbocycles. The van der Waals surface area contributed by atoms with Gasteiger partial charge in [-0.3, -0.25) is 4.79 Å². The van der Waals surface area contributed by atoms with Crippen LogP contribution in [0.4, 0.5) is 0 Å². The molecule has 1 unspecified atom stereocenters. The summed E-state index contributed by atoms with van der Waals surface area (Å²) in [4.78, 5) is 11.8. The highest BCUT2D eigenvalue weighted by molar-refractivity contribution is 9.10. The maximum absolute atomic E-state index is 11.8. The van der Waals surface area contributed by atoms with Crippen LogP contribution in [0.2, 0.25) is 0 Å². The number of alkyl halides is 1. The maximum atomic E-state index is 11.8. The second kappa shape index (κ2) is 6.26. The van der Waals surface area contributed by atoms with Gasteiger partial charge < -0.3 is 5.32 Å². The lowest BCUT2D eigenvalue weighted by atomic mass is 10.1. The summed E-state index contributed by atoms with van der Waals surface area (Å²) < 4.78 is 0.823. The van der Waals surface area contributed by atoms with Gasteiger partial charge in [-0.1, -0.05) is 6.07 Å². The van der Waals surface area contributed by atoms with Crippen molar-refractivity contribution < 1.29 is 4.79 Å². The van der Waals surface area contributed by atoms with Gasteiger partial charge in [0.25, 0.3) is 5.91 Å². The van der Waals surface area contributed by atoms with E-state index < -0.39 is 0 Å². The number of carbonyl (C=O) groups excluding carboxylic acids is 1. The fraction of sp³-hybridized carbons (Fsp3) is 0.417. The van der Waals surface area contributed by atoms with E-state index in [1.165, 1.54) is 0 Å². The molecule has 4 heteroatoms. The number of rotatable bonds is 4. The van der Waals surface area contributed by atoms with Gasteiger partial charge >= 0.3 is 0 Å². The predicted octanol–water partition coefficient (Wildman–Crippen LogP) is 3.50. The maximum Gasteiger partial charge on any atom is 0.252 e. The molecule has 1 atom stereocenters. The Morgan fingerprint density at radius 1 is 1.56 bits per heavy atom. The third-order valence-electron chi connectivity index (χ3n) is 2.20. The molecule has 2 nitrogen and oxygen atoms in total. The lowest BCUT2D eigenvalue weighted by molar-refractivity contribution is 0.0952. The second-order valence-corrected chi connectivity index (χ2v) is 5.41. The van der Waals surface area contributed by atoms with Gasteiger partial charge in [-0.2, -0.15) is 0 Å². The van der Waals surface area contributed by atoms with Gasteiger partial charge in [0.1, 0.15) is 0 Å². The average Bonchev–Trinajstić information content (AvgIpc) is 2.16. The lowest BCUT2D eigenvalue weighted by Crippen LogP contribution is -2.26. The first-order valence-corrected chi connectivity index (χ1v) is 6.42. The summed E-state index contributed by atoms with van der Waals surface area (Å²) in [6.07, 6.45) is 0.775. The van der Waals surface area contributed by atoms with Crippen molar-refractivity contribution >= 4 is 33.4 Å². The molecular weight excluding hydrogens is 289 g/mol. The summed E-state index contributed by atoms with van der Waals surface area (Å²) in [5.41, 5.74) is 1.78. The zero-order valence-electron chi connectivity index (χ0n) is 9.39. The van der Waals surface area contributed by atoms with E-state index in [4.69, 9.17) is 11.6 Å². The quantitative estimate of drug-likeness (QED) is 0.848. The molecule has 1 rings (SSSR count). The number of hydrogen-bond donors (Lipinski definition) is 1. The first kappa shape index (κ1) is 13.5. The van der Waals surface area contributed by atoms with Crippen molar-refractivity contribution in [2.45, 2.75) is 25.6 Å². The predicted molar refractivity (Wildman–Crippen MR) is 71.1 cm³/mol. The number of halogens is 2. The van der Waals surface area contributed by atoms with E-state index >= 15 is 0 Å². The van der Waals surface area contributed by atoms with E-state index in [0.29, 0.717) is 12.1 Å². The van der Waals surface area contributed by atoms with E-state index in [0.717, 1.165) is 16.5 Å². The molecule has 0 saturated heterocycles. The zero-order chi connectivity index (χ0) is 12.1. The standard InChI is InChI=1S/C12H15BrClNO/c1-8-3-4-10(11(13)7-8)12(16)15-6-5-9(2)14/h3-4,7,9H,5-6H2,1-2H3,(H,15,16). The molecule has 0 bridgehead atoms. The SMILES string of the molecule is Cc1ccc(C(=O)NCCC(C)Cl)c(Br)c1. The minimum absolute atomic E-state index is 0.0656. The smallest absolute Gasteiger partial charge is 0.252 e. The number of benzene rings is 1. The van der Waals surface area contributed by atoms with Crippen LogP contribution < -0.4 is 5.32 Å². The van der Waals surface area contributed by atoms with Crippen LogP contribution in [0.15, 0.2) is 22.7 Å². The molecule has 0 radical (unpaired) electrons. The van der Waals surface area contributed by atoms with Crippen LogP contribution in [0, 0.1) is 6.92 Å². The molecule has 0 aliphatic rings. The lowest BCUT2D eigenvalue weighted by Gasteiger charge is -2.08. The van der Waals surface area contributed by atoms with Gasteiger partial charge in [-0.25, -0.2) is 0 Å². The number of carbonyl (C=O) groups is 1. The Hall–Kier alpha value is -0.540. The number of hydrogen-bond acceptors (Lipinski definition) is 1. The molecule has 0 heterocycles. The minimum Gasteiger partial charge on any atom is -0.352 e. The zero-order valence-corrected chi connectivity index (χ0v) is 11.7. The summed E-state index contributed by atoms with van der Waals surface area (Å²) in [5.74, 6) is -0.0656. The molecule has 0 aliphatic heterocycles. The monoisotopic (exact) mass is 303 g/mol. The van der Waals surface area contributed by atoms with E-state index in [1.54, 1.807) is 0 Å². The Morgan fingerprint density at radius 2 is 2.25 bits per heavy atom. The number of amides is 1. The molecule has 0 aromatic heterocycles. The molecule has 0 fully saturated rings. The molecule has 1 aromatic rings. The minimum atomic E-state index is -0.0656. The van der Waals surface area contributed by atoms with Crippen LogP contribution in [0.25, 0.3) is 0 Å². The highest BCUT2D eigenvalue weighted by Crippen LogP contribution is 2.18. The van der Waals surface area contributed by atoms with Crippen molar-refractivity contribution in [1.82, 2.24) is 5.32 Å². The van der Waals surface area contributed by atoms with Crippen LogP contribution in [-0.2, 0) is 0 Å². The Bertz CT molecular complexity index is 379. The topological polar surface area (TPSA) is 29.1 Å². The van der Waals surface area contributed by atoms with E-state index in [2.05, 4.69) is 21.2 Å². The molecule has 0 aliphatic carbocycles. The number of aryl methyl sites for hydroxylation is 1. The molecular formula is C12H15BrClNO. The van der Waals surface area contributed by atoms with Crippen molar-refractivity contribution in [2.75, 3.05) is 6.54 Å². The van der Waals surface area contributed by atoms with Crippen LogP contribution in [0.5, 0.6) is 0 Å². The molecule has 1 N–H and O–H groups in total. The third kappa shape index (κ3) is 4.14. The molecule has 1 amide bonds. The van der Waals surface area contributed by atoms with E-state index in [9.17, 15) is 4.79 Å². The molecule has 0 spiro atoms. The number of nitrogens with one attached hydrogen (secondary N) is 1. The Balaban J connectivity index is 2.59. The van der Waals surface area contributed by atoms with Crippen LogP contribution in [0.3, 0.4) is 0 Å². The van der Waals surface area contributed by atoms with E-state index in [-0.39, 0.29) is 11.3 Å². The summed E-state index contributed by atoms with van der Waals surface area (Å²) >= 11 is 9.18. The van der Waals surface area contributed by atoms with Crippen LogP contribution in [0.1, 0.15) is 29.3 Å². The van der Waals surface area contributed by atoms with E-state index in [1.807, 2.05) is 32.0 Å². The summed E-state index contributed by atoms with van der Waals surface area (Å²) in [6, 6.07) is 5.67. The highest BCUT2D eigenvalue weighted by atomic mass is 79.9. The Labute approximate surface area is 110 Å². The van der Waals surface area contributed by atoms with Crippen molar-refractivity contribution in [2.24, 2.45) is 0 Å². The normalized spacial score (nSPS) is 12.2. The van der Waals surface area contributed by atoms with Crippen molar-refractivity contribution in [3.8, 4) is 0 Å². The average molecular weight is 305 g/mol. The molecule has 1 aromatic carbocycles. The second-order valence-electron chi connectivity index (χ2n) is 3.81. The Kier molecular flexibility index (Phi) is 5.29. The fourth-order valence-corrected chi connectivity index (χ4v) is 2.07. The van der Waals surface area contributed by atoms with Gasteiger partial charge in [-0.15, -0.1) is 11.6 Å². The first-order chi connectivity index (χ1) is 7.50. The summed E-state index contributed by atoms with van der Waals surface area (Å²) in [7, 11) is 0. The summed E-state index contributed by atoms with van der Waals surface area (Å²) in [6.45, 7) is 4.50. The Morgan fingerprint density at radius 3 is 2.81 bits per heavy atom. The van der Waals surface area contributed by atoms with Gasteiger partial charge in [0.05, 0.1) is 5.56 Å². The van der Waals surface area contributed by atoms with Gasteiger partial charge in [0.2, 0.25) is 0 Å². The first-order valence-electron chi connectivity index (χ1n) is 5.19. The van der Waals surface area contributed by atoms with Gasteiger partial charge in [0.15, 0.2) is 0 Å². The van der Waals surface area contributed by atoms with Gasteiger partial charge in [-0.05, 0) is 53.9 Å². The van der Waals surface area contributed by atoms with Crippen molar-refractivity contribution in [3.63, 3.8) is 0 Å². The largest absolute Gasteiger partial charge is 0.352 e. The van der Waals surface area contributed by atoms with Crippen LogP contribution in [-0.4, -0.2) is 17.8 Å². The fourth-order valence-electron chi connectivity index (χ4n) is 1.28. The third-order valence-corrected chi connectivity index (χ3v) is 3.07. The molecule has 88 valence electrons. The van der Waals surface area contributed by atoms with Crippen molar-refractivity contribution in [1.29, 1.82) is 0 Å². The molecule has 16 heavy (non-hydrogen) atoms. The van der Waals surface area contributed by atoms with Crippen LogP contribution >= 0.6 is 27.5 Å². The van der Waals surface area contributed by atoms with Crippen molar-refractivity contribution in [3.05, 3.63) is 33.8 Å². The highest BCUT2D eigenvalue weighted by Gasteiger charge is 2.09. The summed E-state index contributed by atoms with van der Waals surface area (Å²) in [5, 5.41) is 2.92. The van der Waals surface area contributed by atoms with Gasteiger partial charge in [0, 0.05) is 16.4 Å².